The zero-order valence-corrected chi connectivity index (χ0v) is 16.9. The first-order valence-corrected chi connectivity index (χ1v) is 9.63. The van der Waals surface area contributed by atoms with Crippen molar-refractivity contribution >= 4 is 17.6 Å². The molecular weight excluding hydrogens is 397 g/mol. The van der Waals surface area contributed by atoms with Crippen LogP contribution in [-0.4, -0.2) is 30.0 Å². The predicted molar refractivity (Wildman–Crippen MR) is 114 cm³/mol. The van der Waals surface area contributed by atoms with Crippen molar-refractivity contribution in [3.63, 3.8) is 0 Å². The molecule has 0 bridgehead atoms. The Morgan fingerprint density at radius 3 is 2.45 bits per heavy atom. The standard InChI is InChI=1S/C24H20FN3O3/c1-17-19(12-13-21(27-17)18-8-3-2-4-9-18)24(30)31-16-23(29)28(15-7-14-26)22-11-6-5-10-20(22)25/h2-6,8-13H,7,15-16H2,1H3. The second-order valence-corrected chi connectivity index (χ2v) is 6.68. The Labute approximate surface area is 179 Å². The van der Waals surface area contributed by atoms with E-state index in [0.717, 1.165) is 10.5 Å². The Bertz CT molecular complexity index is 1130. The number of hydrogen-bond donors (Lipinski definition) is 0. The van der Waals surface area contributed by atoms with Crippen LogP contribution in [-0.2, 0) is 9.53 Å². The van der Waals surface area contributed by atoms with E-state index < -0.39 is 24.3 Å². The van der Waals surface area contributed by atoms with Crippen molar-refractivity contribution in [2.75, 3.05) is 18.1 Å². The van der Waals surface area contributed by atoms with Crippen molar-refractivity contribution in [1.82, 2.24) is 4.98 Å². The third kappa shape index (κ3) is 5.31. The van der Waals surface area contributed by atoms with Crippen LogP contribution in [0.5, 0.6) is 0 Å². The van der Waals surface area contributed by atoms with Gasteiger partial charge in [-0.2, -0.15) is 5.26 Å². The quantitative estimate of drug-likeness (QED) is 0.535. The molecule has 1 amide bonds. The summed E-state index contributed by atoms with van der Waals surface area (Å²) in [7, 11) is 0. The minimum atomic E-state index is -0.702. The first-order valence-electron chi connectivity index (χ1n) is 9.63. The van der Waals surface area contributed by atoms with Gasteiger partial charge >= 0.3 is 5.97 Å². The topological polar surface area (TPSA) is 83.3 Å². The summed E-state index contributed by atoms with van der Waals surface area (Å²) in [5.74, 6) is -1.93. The molecule has 6 nitrogen and oxygen atoms in total. The van der Waals surface area contributed by atoms with E-state index in [9.17, 15) is 14.0 Å². The zero-order valence-electron chi connectivity index (χ0n) is 16.9. The highest BCUT2D eigenvalue weighted by Crippen LogP contribution is 2.21. The second kappa shape index (κ2) is 10.1. The van der Waals surface area contributed by atoms with Crippen LogP contribution in [0.25, 0.3) is 11.3 Å². The monoisotopic (exact) mass is 417 g/mol. The number of aromatic nitrogens is 1. The molecule has 3 aromatic rings. The maximum Gasteiger partial charge on any atom is 0.340 e. The molecule has 0 atom stereocenters. The van der Waals surface area contributed by atoms with Crippen LogP contribution in [0.3, 0.4) is 0 Å². The van der Waals surface area contributed by atoms with Crippen LogP contribution in [0.1, 0.15) is 22.5 Å². The Morgan fingerprint density at radius 1 is 1.06 bits per heavy atom. The molecule has 1 heterocycles. The van der Waals surface area contributed by atoms with Gasteiger partial charge in [-0.15, -0.1) is 0 Å². The molecule has 0 N–H and O–H groups in total. The van der Waals surface area contributed by atoms with E-state index in [0.29, 0.717) is 11.4 Å². The second-order valence-electron chi connectivity index (χ2n) is 6.68. The number of carbonyl (C=O) groups is 2. The Balaban J connectivity index is 1.71. The maximum absolute atomic E-state index is 14.1. The first-order chi connectivity index (χ1) is 15.0. The van der Waals surface area contributed by atoms with Crippen molar-refractivity contribution in [2.45, 2.75) is 13.3 Å². The number of ether oxygens (including phenoxy) is 1. The minimum absolute atomic E-state index is 0.0119. The molecule has 0 aliphatic rings. The molecule has 0 aliphatic heterocycles. The van der Waals surface area contributed by atoms with Crippen LogP contribution in [0.2, 0.25) is 0 Å². The lowest BCUT2D eigenvalue weighted by molar-refractivity contribution is -0.121. The number of aryl methyl sites for hydroxylation is 1. The number of hydrogen-bond acceptors (Lipinski definition) is 5. The number of benzene rings is 2. The largest absolute Gasteiger partial charge is 0.452 e. The van der Waals surface area contributed by atoms with Gasteiger partial charge < -0.3 is 9.64 Å². The molecule has 0 fully saturated rings. The molecule has 0 saturated heterocycles. The van der Waals surface area contributed by atoms with Gasteiger partial charge in [-0.3, -0.25) is 9.78 Å². The molecule has 7 heteroatoms. The number of carbonyl (C=O) groups excluding carboxylic acids is 2. The van der Waals surface area contributed by atoms with E-state index in [-0.39, 0.29) is 24.2 Å². The lowest BCUT2D eigenvalue weighted by Gasteiger charge is -2.22. The number of nitrogens with zero attached hydrogens (tertiary/aromatic N) is 3. The summed E-state index contributed by atoms with van der Waals surface area (Å²) in [4.78, 5) is 30.7. The number of anilines is 1. The Morgan fingerprint density at radius 2 is 1.77 bits per heavy atom. The Kier molecular flexibility index (Phi) is 7.07. The van der Waals surface area contributed by atoms with Gasteiger partial charge in [0.1, 0.15) is 5.82 Å². The number of nitriles is 1. The predicted octanol–water partition coefficient (Wildman–Crippen LogP) is 4.30. The molecule has 2 aromatic carbocycles. The first kappa shape index (κ1) is 21.7. The summed E-state index contributed by atoms with van der Waals surface area (Å²) in [5.41, 5.74) is 2.37. The highest BCUT2D eigenvalue weighted by molar-refractivity contribution is 5.97. The lowest BCUT2D eigenvalue weighted by atomic mass is 10.1. The van der Waals surface area contributed by atoms with E-state index in [4.69, 9.17) is 10.00 Å². The summed E-state index contributed by atoms with van der Waals surface area (Å²) in [6.45, 7) is 1.09. The highest BCUT2D eigenvalue weighted by atomic mass is 19.1. The molecule has 3 rings (SSSR count). The van der Waals surface area contributed by atoms with Gasteiger partial charge in [-0.25, -0.2) is 9.18 Å². The third-order valence-corrected chi connectivity index (χ3v) is 4.59. The molecule has 0 unspecified atom stereocenters. The van der Waals surface area contributed by atoms with Crippen LogP contribution in [0.15, 0.2) is 66.7 Å². The van der Waals surface area contributed by atoms with Gasteiger partial charge in [-0.1, -0.05) is 42.5 Å². The fourth-order valence-corrected chi connectivity index (χ4v) is 3.04. The van der Waals surface area contributed by atoms with E-state index in [1.165, 1.54) is 18.2 Å². The molecule has 156 valence electrons. The van der Waals surface area contributed by atoms with Gasteiger partial charge in [0.15, 0.2) is 6.61 Å². The SMILES string of the molecule is Cc1nc(-c2ccccc2)ccc1C(=O)OCC(=O)N(CCC#N)c1ccccc1F. The number of rotatable bonds is 7. The van der Waals surface area contributed by atoms with E-state index in [1.807, 2.05) is 36.4 Å². The average molecular weight is 417 g/mol. The summed E-state index contributed by atoms with van der Waals surface area (Å²) in [6.07, 6.45) is 0.0119. The van der Waals surface area contributed by atoms with E-state index in [2.05, 4.69) is 4.98 Å². The summed E-state index contributed by atoms with van der Waals surface area (Å²) in [6, 6.07) is 20.5. The molecule has 0 spiro atoms. The Hall–Kier alpha value is -4.05. The summed E-state index contributed by atoms with van der Waals surface area (Å²) < 4.78 is 19.3. The van der Waals surface area contributed by atoms with Crippen LogP contribution in [0, 0.1) is 24.1 Å². The zero-order chi connectivity index (χ0) is 22.2. The fourth-order valence-electron chi connectivity index (χ4n) is 3.04. The van der Waals surface area contributed by atoms with Crippen molar-refractivity contribution in [1.29, 1.82) is 5.26 Å². The fraction of sp³-hybridized carbons (Fsp3) is 0.167. The van der Waals surface area contributed by atoms with Gasteiger partial charge in [0.05, 0.1) is 35.1 Å². The van der Waals surface area contributed by atoms with Crippen LogP contribution < -0.4 is 4.90 Å². The van der Waals surface area contributed by atoms with Crippen molar-refractivity contribution in [3.05, 3.63) is 83.8 Å². The molecule has 31 heavy (non-hydrogen) atoms. The number of amides is 1. The molecule has 0 radical (unpaired) electrons. The van der Waals surface area contributed by atoms with Crippen molar-refractivity contribution < 1.29 is 18.7 Å². The average Bonchev–Trinajstić information content (AvgIpc) is 2.79. The number of para-hydroxylation sites is 1. The van der Waals surface area contributed by atoms with E-state index in [1.54, 1.807) is 25.1 Å². The van der Waals surface area contributed by atoms with Gasteiger partial charge in [0.2, 0.25) is 0 Å². The molecule has 0 aliphatic carbocycles. The third-order valence-electron chi connectivity index (χ3n) is 4.59. The van der Waals surface area contributed by atoms with Gasteiger partial charge in [0.25, 0.3) is 5.91 Å². The molecule has 1 aromatic heterocycles. The highest BCUT2D eigenvalue weighted by Gasteiger charge is 2.21. The van der Waals surface area contributed by atoms with Gasteiger partial charge in [0, 0.05) is 12.1 Å². The van der Waals surface area contributed by atoms with Crippen LogP contribution in [0.4, 0.5) is 10.1 Å². The van der Waals surface area contributed by atoms with Gasteiger partial charge in [-0.05, 0) is 31.2 Å². The summed E-state index contributed by atoms with van der Waals surface area (Å²) in [5, 5.41) is 8.84. The van der Waals surface area contributed by atoms with E-state index >= 15 is 0 Å². The number of pyridine rings is 1. The maximum atomic E-state index is 14.1. The smallest absolute Gasteiger partial charge is 0.340 e. The minimum Gasteiger partial charge on any atom is -0.452 e. The van der Waals surface area contributed by atoms with Crippen molar-refractivity contribution in [3.8, 4) is 17.3 Å². The summed E-state index contributed by atoms with van der Waals surface area (Å²) >= 11 is 0. The lowest BCUT2D eigenvalue weighted by Crippen LogP contribution is -2.36. The van der Waals surface area contributed by atoms with Crippen molar-refractivity contribution in [2.24, 2.45) is 0 Å². The molecule has 0 saturated carbocycles. The number of halogens is 1. The normalized spacial score (nSPS) is 10.2. The molecular formula is C24H20FN3O3. The number of esters is 1. The van der Waals surface area contributed by atoms with Crippen LogP contribution >= 0.6 is 0 Å².